The quantitative estimate of drug-likeness (QED) is 0.847. The van der Waals surface area contributed by atoms with Gasteiger partial charge in [0.05, 0.1) is 15.4 Å². The molecule has 1 nitrogen and oxygen atoms in total. The van der Waals surface area contributed by atoms with Gasteiger partial charge in [0.1, 0.15) is 5.82 Å². The molecule has 0 saturated heterocycles. The zero-order valence-corrected chi connectivity index (χ0v) is 12.0. The lowest BCUT2D eigenvalue weighted by molar-refractivity contribution is 0.607. The van der Waals surface area contributed by atoms with Gasteiger partial charge in [0.25, 0.3) is 0 Å². The van der Waals surface area contributed by atoms with E-state index >= 15 is 0 Å². The molecule has 0 radical (unpaired) electrons. The summed E-state index contributed by atoms with van der Waals surface area (Å²) in [6.45, 7) is 2.75. The SMILES string of the molecule is CCNC(c1ccc(Cl)s1)c1cccc(F)c1Cl. The van der Waals surface area contributed by atoms with Gasteiger partial charge in [-0.2, -0.15) is 0 Å². The molecule has 0 saturated carbocycles. The summed E-state index contributed by atoms with van der Waals surface area (Å²) in [7, 11) is 0. The Bertz CT molecular complexity index is 542. The molecule has 1 aromatic heterocycles. The molecule has 1 unspecified atom stereocenters. The molecule has 96 valence electrons. The first kappa shape index (κ1) is 13.8. The summed E-state index contributed by atoms with van der Waals surface area (Å²) in [5.41, 5.74) is 0.733. The van der Waals surface area contributed by atoms with Crippen molar-refractivity contribution >= 4 is 34.5 Å². The summed E-state index contributed by atoms with van der Waals surface area (Å²) < 4.78 is 14.2. The van der Waals surface area contributed by atoms with Crippen molar-refractivity contribution in [3.8, 4) is 0 Å². The van der Waals surface area contributed by atoms with Gasteiger partial charge in [-0.1, -0.05) is 42.3 Å². The lowest BCUT2D eigenvalue weighted by Crippen LogP contribution is -2.21. The molecule has 0 amide bonds. The first-order valence-electron chi connectivity index (χ1n) is 5.56. The average Bonchev–Trinajstić information content (AvgIpc) is 2.77. The summed E-state index contributed by atoms with van der Waals surface area (Å²) in [5.74, 6) is -0.403. The van der Waals surface area contributed by atoms with Gasteiger partial charge in [-0.25, -0.2) is 4.39 Å². The molecule has 1 N–H and O–H groups in total. The molecule has 1 atom stereocenters. The van der Waals surface area contributed by atoms with Crippen molar-refractivity contribution in [1.29, 1.82) is 0 Å². The monoisotopic (exact) mass is 303 g/mol. The van der Waals surface area contributed by atoms with Crippen LogP contribution < -0.4 is 5.32 Å². The van der Waals surface area contributed by atoms with E-state index in [1.165, 1.54) is 17.4 Å². The topological polar surface area (TPSA) is 12.0 Å². The van der Waals surface area contributed by atoms with E-state index in [9.17, 15) is 4.39 Å². The molecule has 1 aromatic carbocycles. The number of benzene rings is 1. The molecule has 0 aliphatic heterocycles. The summed E-state index contributed by atoms with van der Waals surface area (Å²) in [4.78, 5) is 1.02. The van der Waals surface area contributed by atoms with Crippen LogP contribution in [-0.4, -0.2) is 6.54 Å². The van der Waals surface area contributed by atoms with Gasteiger partial charge in [0, 0.05) is 4.88 Å². The molecule has 18 heavy (non-hydrogen) atoms. The number of rotatable bonds is 4. The smallest absolute Gasteiger partial charge is 0.142 e. The highest BCUT2D eigenvalue weighted by molar-refractivity contribution is 7.16. The van der Waals surface area contributed by atoms with Crippen molar-refractivity contribution in [3.05, 3.63) is 55.9 Å². The van der Waals surface area contributed by atoms with Crippen molar-refractivity contribution in [3.63, 3.8) is 0 Å². The molecule has 1 heterocycles. The van der Waals surface area contributed by atoms with Crippen LogP contribution in [0.2, 0.25) is 9.36 Å². The largest absolute Gasteiger partial charge is 0.306 e. The lowest BCUT2D eigenvalue weighted by atomic mass is 10.1. The van der Waals surface area contributed by atoms with E-state index in [0.29, 0.717) is 4.34 Å². The highest BCUT2D eigenvalue weighted by Crippen LogP contribution is 2.34. The number of halogens is 3. The minimum absolute atomic E-state index is 0.129. The summed E-state index contributed by atoms with van der Waals surface area (Å²) >= 11 is 13.5. The Morgan fingerprint density at radius 2 is 2.06 bits per heavy atom. The first-order chi connectivity index (χ1) is 8.63. The van der Waals surface area contributed by atoms with E-state index in [-0.39, 0.29) is 11.1 Å². The normalized spacial score (nSPS) is 12.7. The van der Waals surface area contributed by atoms with Gasteiger partial charge in [-0.15, -0.1) is 11.3 Å². The number of hydrogen-bond acceptors (Lipinski definition) is 2. The predicted octanol–water partition coefficient (Wildman–Crippen LogP) is 4.89. The van der Waals surface area contributed by atoms with Crippen LogP contribution in [0.3, 0.4) is 0 Å². The minimum Gasteiger partial charge on any atom is -0.306 e. The van der Waals surface area contributed by atoms with E-state index in [1.54, 1.807) is 6.07 Å². The zero-order chi connectivity index (χ0) is 13.1. The van der Waals surface area contributed by atoms with Crippen molar-refractivity contribution in [2.75, 3.05) is 6.54 Å². The molecule has 0 aliphatic rings. The van der Waals surface area contributed by atoms with Crippen molar-refractivity contribution in [2.45, 2.75) is 13.0 Å². The maximum atomic E-state index is 13.5. The third kappa shape index (κ3) is 2.86. The van der Waals surface area contributed by atoms with Crippen LogP contribution in [0.1, 0.15) is 23.4 Å². The second-order valence-electron chi connectivity index (χ2n) is 3.78. The van der Waals surface area contributed by atoms with Crippen LogP contribution >= 0.6 is 34.5 Å². The van der Waals surface area contributed by atoms with E-state index in [2.05, 4.69) is 5.32 Å². The Hall–Kier alpha value is -0.610. The molecule has 2 rings (SSSR count). The summed E-state index contributed by atoms with van der Waals surface area (Å²) in [6.07, 6.45) is 0. The molecule has 5 heteroatoms. The number of nitrogens with one attached hydrogen (secondary N) is 1. The zero-order valence-electron chi connectivity index (χ0n) is 9.71. The molecule has 0 spiro atoms. The van der Waals surface area contributed by atoms with Gasteiger partial charge in [0.2, 0.25) is 0 Å². The Morgan fingerprint density at radius 3 is 2.67 bits per heavy atom. The van der Waals surface area contributed by atoms with Crippen molar-refractivity contribution in [1.82, 2.24) is 5.32 Å². The maximum Gasteiger partial charge on any atom is 0.142 e. The van der Waals surface area contributed by atoms with Crippen LogP contribution in [0.15, 0.2) is 30.3 Å². The molecular formula is C13H12Cl2FNS. The minimum atomic E-state index is -0.403. The maximum absolute atomic E-state index is 13.5. The van der Waals surface area contributed by atoms with Crippen LogP contribution in [-0.2, 0) is 0 Å². The average molecular weight is 304 g/mol. The Kier molecular flexibility index (Phi) is 4.62. The molecule has 0 fully saturated rings. The molecule has 0 bridgehead atoms. The highest BCUT2D eigenvalue weighted by Gasteiger charge is 2.19. The predicted molar refractivity (Wildman–Crippen MR) is 76.3 cm³/mol. The second kappa shape index (κ2) is 6.02. The number of hydrogen-bond donors (Lipinski definition) is 1. The van der Waals surface area contributed by atoms with Gasteiger partial charge in [0.15, 0.2) is 0 Å². The number of thiophene rings is 1. The van der Waals surface area contributed by atoms with E-state index in [1.807, 2.05) is 25.1 Å². The van der Waals surface area contributed by atoms with E-state index in [0.717, 1.165) is 17.0 Å². The van der Waals surface area contributed by atoms with Crippen molar-refractivity contribution in [2.24, 2.45) is 0 Å². The van der Waals surface area contributed by atoms with Crippen LogP contribution in [0.4, 0.5) is 4.39 Å². The van der Waals surface area contributed by atoms with Gasteiger partial charge in [-0.3, -0.25) is 0 Å². The molecular weight excluding hydrogens is 292 g/mol. The fourth-order valence-corrected chi connectivity index (χ4v) is 3.19. The lowest BCUT2D eigenvalue weighted by Gasteiger charge is -2.18. The van der Waals surface area contributed by atoms with Crippen LogP contribution in [0.5, 0.6) is 0 Å². The van der Waals surface area contributed by atoms with E-state index in [4.69, 9.17) is 23.2 Å². The second-order valence-corrected chi connectivity index (χ2v) is 5.90. The summed E-state index contributed by atoms with van der Waals surface area (Å²) in [6, 6.07) is 8.48. The third-order valence-corrected chi connectivity index (χ3v) is 4.27. The Labute approximate surface area is 120 Å². The fourth-order valence-electron chi connectivity index (χ4n) is 1.79. The van der Waals surface area contributed by atoms with Crippen LogP contribution in [0.25, 0.3) is 0 Å². The highest BCUT2D eigenvalue weighted by atomic mass is 35.5. The van der Waals surface area contributed by atoms with Gasteiger partial charge >= 0.3 is 0 Å². The van der Waals surface area contributed by atoms with Gasteiger partial charge < -0.3 is 5.32 Å². The van der Waals surface area contributed by atoms with E-state index < -0.39 is 5.82 Å². The Morgan fingerprint density at radius 1 is 1.28 bits per heavy atom. The third-order valence-electron chi connectivity index (χ3n) is 2.58. The fraction of sp³-hybridized carbons (Fsp3) is 0.231. The Balaban J connectivity index is 2.44. The molecule has 2 aromatic rings. The van der Waals surface area contributed by atoms with Gasteiger partial charge in [-0.05, 0) is 30.3 Å². The van der Waals surface area contributed by atoms with Crippen LogP contribution in [0, 0.1) is 5.82 Å². The summed E-state index contributed by atoms with van der Waals surface area (Å²) in [5, 5.41) is 3.46. The van der Waals surface area contributed by atoms with Crippen molar-refractivity contribution < 1.29 is 4.39 Å². The molecule has 0 aliphatic carbocycles. The standard InChI is InChI=1S/C13H12Cl2FNS/c1-2-17-13(10-6-7-11(14)18-10)8-4-3-5-9(16)12(8)15/h3-7,13,17H,2H2,1H3. The first-order valence-corrected chi connectivity index (χ1v) is 7.13.